The van der Waals surface area contributed by atoms with Crippen LogP contribution in [0.25, 0.3) is 6.08 Å². The number of hydrogen-bond donors (Lipinski definition) is 1. The summed E-state index contributed by atoms with van der Waals surface area (Å²) in [4.78, 5) is 38.3. The molecule has 0 bridgehead atoms. The van der Waals surface area contributed by atoms with Crippen molar-refractivity contribution in [1.29, 1.82) is 0 Å². The molecule has 2 aromatic carbocycles. The molecule has 0 atom stereocenters. The van der Waals surface area contributed by atoms with Gasteiger partial charge in [-0.1, -0.05) is 36.4 Å². The van der Waals surface area contributed by atoms with Gasteiger partial charge in [0, 0.05) is 10.2 Å². The van der Waals surface area contributed by atoms with Gasteiger partial charge in [0.25, 0.3) is 11.1 Å². The van der Waals surface area contributed by atoms with Crippen LogP contribution in [-0.4, -0.2) is 35.1 Å². The smallest absolute Gasteiger partial charge is 0.294 e. The maximum absolute atomic E-state index is 12.6. The van der Waals surface area contributed by atoms with Crippen LogP contribution >= 0.6 is 39.3 Å². The first-order valence-corrected chi connectivity index (χ1v) is 10.7. The number of rotatable bonds is 7. The second-order valence-corrected chi connectivity index (χ2v) is 8.37. The van der Waals surface area contributed by atoms with E-state index in [1.165, 1.54) is 0 Å². The van der Waals surface area contributed by atoms with Crippen LogP contribution in [0.3, 0.4) is 0 Å². The van der Waals surface area contributed by atoms with Crippen LogP contribution < -0.4 is 10.1 Å². The number of hydrogen-bond acceptors (Lipinski definition) is 5. The van der Waals surface area contributed by atoms with Gasteiger partial charge in [0.2, 0.25) is 5.91 Å². The normalized spacial score (nSPS) is 14.9. The molecular weight excluding hydrogens is 492 g/mol. The van der Waals surface area contributed by atoms with Gasteiger partial charge in [0.15, 0.2) is 0 Å². The lowest BCUT2D eigenvalue weighted by Crippen LogP contribution is -2.36. The minimum absolute atomic E-state index is 0.236. The van der Waals surface area contributed by atoms with E-state index in [-0.39, 0.29) is 4.91 Å². The van der Waals surface area contributed by atoms with E-state index in [9.17, 15) is 14.4 Å². The van der Waals surface area contributed by atoms with Gasteiger partial charge in [-0.05, 0) is 69.7 Å². The third-order valence-electron chi connectivity index (χ3n) is 3.90. The van der Waals surface area contributed by atoms with Crippen molar-refractivity contribution in [2.45, 2.75) is 0 Å². The Morgan fingerprint density at radius 1 is 1.27 bits per heavy atom. The summed E-state index contributed by atoms with van der Waals surface area (Å²) < 4.78 is 6.16. The van der Waals surface area contributed by atoms with Gasteiger partial charge in [-0.3, -0.25) is 19.3 Å². The molecule has 3 amide bonds. The monoisotopic (exact) mass is 506 g/mol. The molecule has 154 valence electrons. The molecule has 30 heavy (non-hydrogen) atoms. The molecule has 1 heterocycles. The SMILES string of the molecule is C=CCOc1cccc(/C=C2/SC(=O)N(CC(=O)Nc3ccc(Br)c(Cl)c3)C2=O)c1. The Morgan fingerprint density at radius 2 is 2.07 bits per heavy atom. The molecule has 0 saturated carbocycles. The minimum Gasteiger partial charge on any atom is -0.490 e. The van der Waals surface area contributed by atoms with Crippen molar-refractivity contribution in [3.05, 3.63) is 75.1 Å². The van der Waals surface area contributed by atoms with Crippen LogP contribution in [0, 0.1) is 0 Å². The van der Waals surface area contributed by atoms with Crippen molar-refractivity contribution in [3.63, 3.8) is 0 Å². The van der Waals surface area contributed by atoms with E-state index in [4.69, 9.17) is 16.3 Å². The maximum Gasteiger partial charge on any atom is 0.294 e. The summed E-state index contributed by atoms with van der Waals surface area (Å²) in [5.41, 5.74) is 1.17. The second-order valence-electron chi connectivity index (χ2n) is 6.12. The molecule has 0 unspecified atom stereocenters. The lowest BCUT2D eigenvalue weighted by Gasteiger charge is -2.12. The lowest BCUT2D eigenvalue weighted by molar-refractivity contribution is -0.127. The Balaban J connectivity index is 1.68. The van der Waals surface area contributed by atoms with Gasteiger partial charge in [0.05, 0.1) is 9.93 Å². The highest BCUT2D eigenvalue weighted by Crippen LogP contribution is 2.32. The highest BCUT2D eigenvalue weighted by atomic mass is 79.9. The van der Waals surface area contributed by atoms with E-state index >= 15 is 0 Å². The van der Waals surface area contributed by atoms with E-state index in [1.54, 1.807) is 54.6 Å². The van der Waals surface area contributed by atoms with Gasteiger partial charge in [-0.15, -0.1) is 0 Å². The topological polar surface area (TPSA) is 75.7 Å². The molecule has 0 aromatic heterocycles. The summed E-state index contributed by atoms with van der Waals surface area (Å²) in [6.45, 7) is 3.57. The number of benzene rings is 2. The van der Waals surface area contributed by atoms with Gasteiger partial charge < -0.3 is 10.1 Å². The van der Waals surface area contributed by atoms with Crippen molar-refractivity contribution >= 4 is 68.1 Å². The predicted octanol–water partition coefficient (Wildman–Crippen LogP) is 5.34. The quantitative estimate of drug-likeness (QED) is 0.404. The number of carbonyl (C=O) groups excluding carboxylic acids is 3. The first-order valence-electron chi connectivity index (χ1n) is 8.71. The molecular formula is C21H16BrClN2O4S. The summed E-state index contributed by atoms with van der Waals surface area (Å²) in [6, 6.07) is 12.0. The zero-order chi connectivity index (χ0) is 21.7. The fraction of sp³-hybridized carbons (Fsp3) is 0.0952. The van der Waals surface area contributed by atoms with Gasteiger partial charge >= 0.3 is 0 Å². The van der Waals surface area contributed by atoms with E-state index < -0.39 is 23.6 Å². The zero-order valence-electron chi connectivity index (χ0n) is 15.6. The van der Waals surface area contributed by atoms with Crippen LogP contribution in [0.1, 0.15) is 5.56 Å². The van der Waals surface area contributed by atoms with E-state index in [1.807, 2.05) is 0 Å². The number of carbonyl (C=O) groups is 3. The Morgan fingerprint density at radius 3 is 2.80 bits per heavy atom. The maximum atomic E-state index is 12.6. The third kappa shape index (κ3) is 5.53. The molecule has 2 aromatic rings. The number of halogens is 2. The Kier molecular flexibility index (Phi) is 7.36. The number of nitrogens with one attached hydrogen (secondary N) is 1. The number of anilines is 1. The van der Waals surface area contributed by atoms with E-state index in [0.29, 0.717) is 33.1 Å². The fourth-order valence-electron chi connectivity index (χ4n) is 2.55. The van der Waals surface area contributed by atoms with E-state index in [0.717, 1.165) is 16.7 Å². The summed E-state index contributed by atoms with van der Waals surface area (Å²) in [7, 11) is 0. The number of thioether (sulfide) groups is 1. The minimum atomic E-state index is -0.522. The number of imide groups is 1. The van der Waals surface area contributed by atoms with Crippen molar-refractivity contribution < 1.29 is 19.1 Å². The van der Waals surface area contributed by atoms with Crippen LogP contribution in [0.4, 0.5) is 10.5 Å². The first kappa shape index (κ1) is 22.1. The highest BCUT2D eigenvalue weighted by molar-refractivity contribution is 9.10. The standard InChI is InChI=1S/C21H16BrClN2O4S/c1-2-8-29-15-5-3-4-13(9-15)10-18-20(27)25(21(28)30-18)12-19(26)24-14-6-7-16(22)17(23)11-14/h2-7,9-11H,1,8,12H2,(H,24,26)/b18-10+. The van der Waals surface area contributed by atoms with Gasteiger partial charge in [-0.25, -0.2) is 0 Å². The van der Waals surface area contributed by atoms with Crippen molar-refractivity contribution in [3.8, 4) is 5.75 Å². The Bertz CT molecular complexity index is 1060. The predicted molar refractivity (Wildman–Crippen MR) is 123 cm³/mol. The molecule has 0 aliphatic carbocycles. The molecule has 1 fully saturated rings. The van der Waals surface area contributed by atoms with Crippen LogP contribution in [0.5, 0.6) is 5.75 Å². The Hall–Kier alpha value is -2.55. The van der Waals surface area contributed by atoms with Crippen LogP contribution in [0.15, 0.2) is 64.5 Å². The second kappa shape index (κ2) is 9.97. The lowest BCUT2D eigenvalue weighted by atomic mass is 10.2. The number of nitrogens with zero attached hydrogens (tertiary/aromatic N) is 1. The van der Waals surface area contributed by atoms with Gasteiger partial charge in [-0.2, -0.15) is 0 Å². The summed E-state index contributed by atoms with van der Waals surface area (Å²) in [5.74, 6) is -0.404. The molecule has 1 aliphatic rings. The zero-order valence-corrected chi connectivity index (χ0v) is 18.7. The van der Waals surface area contributed by atoms with Gasteiger partial charge in [0.1, 0.15) is 18.9 Å². The molecule has 1 aliphatic heterocycles. The first-order chi connectivity index (χ1) is 14.4. The molecule has 1 saturated heterocycles. The van der Waals surface area contributed by atoms with Crippen LogP contribution in [-0.2, 0) is 9.59 Å². The van der Waals surface area contributed by atoms with Crippen molar-refractivity contribution in [2.24, 2.45) is 0 Å². The summed E-state index contributed by atoms with van der Waals surface area (Å²) in [6.07, 6.45) is 3.23. The summed E-state index contributed by atoms with van der Waals surface area (Å²) in [5, 5.41) is 2.55. The fourth-order valence-corrected chi connectivity index (χ4v) is 3.82. The summed E-state index contributed by atoms with van der Waals surface area (Å²) >= 11 is 10.1. The van der Waals surface area contributed by atoms with E-state index in [2.05, 4.69) is 27.8 Å². The van der Waals surface area contributed by atoms with Crippen LogP contribution in [0.2, 0.25) is 5.02 Å². The highest BCUT2D eigenvalue weighted by Gasteiger charge is 2.36. The van der Waals surface area contributed by atoms with Crippen molar-refractivity contribution in [1.82, 2.24) is 4.90 Å². The molecule has 9 heteroatoms. The third-order valence-corrected chi connectivity index (χ3v) is 6.04. The molecule has 0 spiro atoms. The molecule has 0 radical (unpaired) electrons. The van der Waals surface area contributed by atoms with Crippen molar-refractivity contribution in [2.75, 3.05) is 18.5 Å². The largest absolute Gasteiger partial charge is 0.490 e. The average Bonchev–Trinajstić information content (AvgIpc) is 2.97. The molecule has 1 N–H and O–H groups in total. The molecule has 3 rings (SSSR count). The average molecular weight is 508 g/mol. The number of amides is 3. The number of ether oxygens (including phenoxy) is 1. The Labute approximate surface area is 191 Å². The molecule has 6 nitrogen and oxygen atoms in total.